The first kappa shape index (κ1) is 11.0. The van der Waals surface area contributed by atoms with E-state index in [2.05, 4.69) is 10.6 Å². The van der Waals surface area contributed by atoms with Gasteiger partial charge in [-0.15, -0.1) is 0 Å². The monoisotopic (exact) mass is 220 g/mol. The van der Waals surface area contributed by atoms with Crippen molar-refractivity contribution in [2.24, 2.45) is 5.92 Å². The van der Waals surface area contributed by atoms with Crippen molar-refractivity contribution < 1.29 is 9.90 Å². The number of hydrogen-bond acceptors (Lipinski definition) is 3. The van der Waals surface area contributed by atoms with Crippen molar-refractivity contribution in [3.8, 4) is 5.75 Å². The fourth-order valence-electron chi connectivity index (χ4n) is 1.65. The van der Waals surface area contributed by atoms with Crippen molar-refractivity contribution in [2.45, 2.75) is 13.3 Å². The van der Waals surface area contributed by atoms with Crippen LogP contribution in [-0.2, 0) is 4.79 Å². The molecule has 1 fully saturated rings. The standard InChI is InChI=1S/C12H16N2O2/c1-8-2-3-10(5-11(8)15)14-12(16)4-9-6-13-7-9/h2-3,5,9,13,15H,4,6-7H2,1H3,(H,14,16). The summed E-state index contributed by atoms with van der Waals surface area (Å²) in [6.45, 7) is 3.67. The molecule has 4 nitrogen and oxygen atoms in total. The second-order valence-electron chi connectivity index (χ2n) is 4.28. The van der Waals surface area contributed by atoms with Crippen LogP contribution < -0.4 is 10.6 Å². The van der Waals surface area contributed by atoms with Crippen molar-refractivity contribution in [3.05, 3.63) is 23.8 Å². The molecular formula is C12H16N2O2. The molecule has 0 spiro atoms. The van der Waals surface area contributed by atoms with Gasteiger partial charge < -0.3 is 15.7 Å². The van der Waals surface area contributed by atoms with Crippen LogP contribution in [0, 0.1) is 12.8 Å². The number of aromatic hydroxyl groups is 1. The Balaban J connectivity index is 1.92. The fraction of sp³-hybridized carbons (Fsp3) is 0.417. The van der Waals surface area contributed by atoms with Crippen molar-refractivity contribution in [1.29, 1.82) is 0 Å². The van der Waals surface area contributed by atoms with Gasteiger partial charge in [0.15, 0.2) is 0 Å². The van der Waals surface area contributed by atoms with Crippen molar-refractivity contribution in [2.75, 3.05) is 18.4 Å². The maximum absolute atomic E-state index is 11.6. The van der Waals surface area contributed by atoms with Gasteiger partial charge in [-0.3, -0.25) is 4.79 Å². The van der Waals surface area contributed by atoms with Crippen LogP contribution in [0.2, 0.25) is 0 Å². The molecule has 3 N–H and O–H groups in total. The third kappa shape index (κ3) is 2.52. The average Bonchev–Trinajstić information content (AvgIpc) is 2.18. The summed E-state index contributed by atoms with van der Waals surface area (Å²) < 4.78 is 0. The number of rotatable bonds is 3. The minimum absolute atomic E-state index is 0.00903. The molecule has 0 aromatic heterocycles. The maximum atomic E-state index is 11.6. The van der Waals surface area contributed by atoms with Crippen LogP contribution in [0.5, 0.6) is 5.75 Å². The highest BCUT2D eigenvalue weighted by molar-refractivity contribution is 5.91. The number of nitrogens with one attached hydrogen (secondary N) is 2. The smallest absolute Gasteiger partial charge is 0.224 e. The molecule has 86 valence electrons. The van der Waals surface area contributed by atoms with Crippen LogP contribution in [0.15, 0.2) is 18.2 Å². The van der Waals surface area contributed by atoms with E-state index in [-0.39, 0.29) is 11.7 Å². The Kier molecular flexibility index (Phi) is 3.10. The lowest BCUT2D eigenvalue weighted by atomic mass is 9.99. The van der Waals surface area contributed by atoms with E-state index in [1.165, 1.54) is 0 Å². The Morgan fingerprint density at radius 3 is 2.88 bits per heavy atom. The van der Waals surface area contributed by atoms with Crippen molar-refractivity contribution >= 4 is 11.6 Å². The van der Waals surface area contributed by atoms with Crippen LogP contribution in [0.4, 0.5) is 5.69 Å². The Labute approximate surface area is 94.7 Å². The van der Waals surface area contributed by atoms with Gasteiger partial charge in [0.2, 0.25) is 5.91 Å². The Hall–Kier alpha value is -1.55. The molecule has 0 atom stereocenters. The van der Waals surface area contributed by atoms with Crippen molar-refractivity contribution in [3.63, 3.8) is 0 Å². The molecule has 1 saturated heterocycles. The number of benzene rings is 1. The number of hydrogen-bond donors (Lipinski definition) is 3. The number of phenols is 1. The maximum Gasteiger partial charge on any atom is 0.224 e. The van der Waals surface area contributed by atoms with Gasteiger partial charge >= 0.3 is 0 Å². The summed E-state index contributed by atoms with van der Waals surface area (Å²) in [5, 5.41) is 15.4. The lowest BCUT2D eigenvalue weighted by Crippen LogP contribution is -2.43. The van der Waals surface area contributed by atoms with Gasteiger partial charge in [0.1, 0.15) is 5.75 Å². The lowest BCUT2D eigenvalue weighted by Gasteiger charge is -2.26. The highest BCUT2D eigenvalue weighted by atomic mass is 16.3. The Bertz CT molecular complexity index is 400. The normalized spacial score (nSPS) is 15.6. The van der Waals surface area contributed by atoms with Gasteiger partial charge in [-0.1, -0.05) is 6.07 Å². The average molecular weight is 220 g/mol. The van der Waals surface area contributed by atoms with Crippen LogP contribution in [-0.4, -0.2) is 24.1 Å². The molecule has 0 saturated carbocycles. The topological polar surface area (TPSA) is 61.4 Å². The number of phenolic OH excluding ortho intramolecular Hbond substituents is 1. The number of carbonyl (C=O) groups excluding carboxylic acids is 1. The second kappa shape index (κ2) is 4.53. The summed E-state index contributed by atoms with van der Waals surface area (Å²) in [4.78, 5) is 11.6. The van der Waals surface area contributed by atoms with E-state index in [1.807, 2.05) is 6.92 Å². The molecule has 2 rings (SSSR count). The molecule has 16 heavy (non-hydrogen) atoms. The predicted octanol–water partition coefficient (Wildman–Crippen LogP) is 1.25. The summed E-state index contributed by atoms with van der Waals surface area (Å²) in [6, 6.07) is 5.16. The zero-order chi connectivity index (χ0) is 11.5. The van der Waals surface area contributed by atoms with Crippen LogP contribution in [0.25, 0.3) is 0 Å². The van der Waals surface area contributed by atoms with Crippen molar-refractivity contribution in [1.82, 2.24) is 5.32 Å². The van der Waals surface area contributed by atoms with E-state index in [4.69, 9.17) is 0 Å². The van der Waals surface area contributed by atoms with Crippen LogP contribution in [0.3, 0.4) is 0 Å². The van der Waals surface area contributed by atoms with Gasteiger partial charge in [0.05, 0.1) is 0 Å². The first-order valence-electron chi connectivity index (χ1n) is 5.45. The molecule has 1 aromatic carbocycles. The van der Waals surface area contributed by atoms with Gasteiger partial charge in [-0.05, 0) is 37.6 Å². The number of amides is 1. The summed E-state index contributed by atoms with van der Waals surface area (Å²) in [7, 11) is 0. The molecule has 1 aliphatic heterocycles. The molecule has 1 aliphatic rings. The molecule has 1 heterocycles. The summed E-state index contributed by atoms with van der Waals surface area (Å²) in [5.41, 5.74) is 1.46. The SMILES string of the molecule is Cc1ccc(NC(=O)CC2CNC2)cc1O. The van der Waals surface area contributed by atoms with E-state index in [0.29, 0.717) is 18.0 Å². The third-order valence-corrected chi connectivity index (χ3v) is 2.83. The van der Waals surface area contributed by atoms with Gasteiger partial charge in [0.25, 0.3) is 0 Å². The van der Waals surface area contributed by atoms with E-state index >= 15 is 0 Å². The first-order valence-corrected chi connectivity index (χ1v) is 5.45. The Morgan fingerprint density at radius 1 is 1.56 bits per heavy atom. The quantitative estimate of drug-likeness (QED) is 0.718. The predicted molar refractivity (Wildman–Crippen MR) is 62.5 cm³/mol. The second-order valence-corrected chi connectivity index (χ2v) is 4.28. The van der Waals surface area contributed by atoms with E-state index in [9.17, 15) is 9.90 Å². The van der Waals surface area contributed by atoms with E-state index < -0.39 is 0 Å². The van der Waals surface area contributed by atoms with Gasteiger partial charge in [-0.2, -0.15) is 0 Å². The lowest BCUT2D eigenvalue weighted by molar-refractivity contribution is -0.117. The minimum atomic E-state index is 0.00903. The van der Waals surface area contributed by atoms with Crippen LogP contribution >= 0.6 is 0 Å². The van der Waals surface area contributed by atoms with Gasteiger partial charge in [-0.25, -0.2) is 0 Å². The van der Waals surface area contributed by atoms with E-state index in [0.717, 1.165) is 18.7 Å². The summed E-state index contributed by atoms with van der Waals surface area (Å²) in [6.07, 6.45) is 0.543. The fourth-order valence-corrected chi connectivity index (χ4v) is 1.65. The molecule has 0 radical (unpaired) electrons. The third-order valence-electron chi connectivity index (χ3n) is 2.83. The molecule has 1 amide bonds. The molecule has 0 unspecified atom stereocenters. The summed E-state index contributed by atoms with van der Waals surface area (Å²) in [5.74, 6) is 0.678. The number of carbonyl (C=O) groups is 1. The highest BCUT2D eigenvalue weighted by Crippen LogP contribution is 2.21. The van der Waals surface area contributed by atoms with Gasteiger partial charge in [0, 0.05) is 18.2 Å². The van der Waals surface area contributed by atoms with E-state index in [1.54, 1.807) is 18.2 Å². The zero-order valence-electron chi connectivity index (χ0n) is 9.29. The zero-order valence-corrected chi connectivity index (χ0v) is 9.29. The number of anilines is 1. The first-order chi connectivity index (χ1) is 7.65. The van der Waals surface area contributed by atoms with Crippen LogP contribution in [0.1, 0.15) is 12.0 Å². The molecule has 0 bridgehead atoms. The summed E-state index contributed by atoms with van der Waals surface area (Å²) >= 11 is 0. The highest BCUT2D eigenvalue weighted by Gasteiger charge is 2.20. The number of aryl methyl sites for hydroxylation is 1. The largest absolute Gasteiger partial charge is 0.508 e. The molecule has 4 heteroatoms. The minimum Gasteiger partial charge on any atom is -0.508 e. The Morgan fingerprint density at radius 2 is 2.31 bits per heavy atom. The molecule has 0 aliphatic carbocycles. The molecular weight excluding hydrogens is 204 g/mol. The molecule has 1 aromatic rings.